The molecular weight excluding hydrogens is 412 g/mol. The number of nitrogens with one attached hydrogen (secondary N) is 2. The van der Waals surface area contributed by atoms with Crippen molar-refractivity contribution in [3.05, 3.63) is 64.7 Å². The van der Waals surface area contributed by atoms with Gasteiger partial charge in [0.1, 0.15) is 0 Å². The Morgan fingerprint density at radius 2 is 1.90 bits per heavy atom. The molecule has 2 aromatic carbocycles. The van der Waals surface area contributed by atoms with Gasteiger partial charge in [-0.1, -0.05) is 17.7 Å². The van der Waals surface area contributed by atoms with Gasteiger partial charge in [-0.05, 0) is 42.8 Å². The highest BCUT2D eigenvalue weighted by Gasteiger charge is 2.16. The molecule has 0 saturated carbocycles. The van der Waals surface area contributed by atoms with E-state index in [1.54, 1.807) is 25.1 Å². The highest BCUT2D eigenvalue weighted by Crippen LogP contribution is 2.32. The molecule has 0 saturated heterocycles. The Balaban J connectivity index is 1.67. The minimum absolute atomic E-state index is 0.168. The molecule has 3 rings (SSSR count). The molecule has 2 amide bonds. The number of halogens is 1. The maximum absolute atomic E-state index is 12.7. The van der Waals surface area contributed by atoms with Crippen LogP contribution in [0.4, 0.5) is 5.69 Å². The van der Waals surface area contributed by atoms with Gasteiger partial charge in [-0.15, -0.1) is 0 Å². The fourth-order valence-electron chi connectivity index (χ4n) is 2.65. The summed E-state index contributed by atoms with van der Waals surface area (Å²) >= 11 is 6.02. The first-order valence-electron chi connectivity index (χ1n) is 9.08. The lowest BCUT2D eigenvalue weighted by Gasteiger charge is -2.11. The summed E-state index contributed by atoms with van der Waals surface area (Å²) in [5.74, 6) is -0.382. The van der Waals surface area contributed by atoms with Gasteiger partial charge in [0.05, 0.1) is 17.9 Å². The predicted molar refractivity (Wildman–Crippen MR) is 110 cm³/mol. The molecule has 0 aromatic heterocycles. The van der Waals surface area contributed by atoms with Gasteiger partial charge in [0.15, 0.2) is 11.5 Å². The lowest BCUT2D eigenvalue weighted by atomic mass is 10.1. The number of ether oxygens (including phenoxy) is 3. The first-order chi connectivity index (χ1) is 14.5. The van der Waals surface area contributed by atoms with E-state index in [2.05, 4.69) is 10.6 Å². The van der Waals surface area contributed by atoms with Gasteiger partial charge >= 0.3 is 5.97 Å². The number of hydrogen-bond acceptors (Lipinski definition) is 6. The van der Waals surface area contributed by atoms with E-state index in [0.717, 1.165) is 17.7 Å². The van der Waals surface area contributed by atoms with Crippen molar-refractivity contribution in [1.82, 2.24) is 5.32 Å². The zero-order valence-corrected chi connectivity index (χ0v) is 16.8. The van der Waals surface area contributed by atoms with Crippen molar-refractivity contribution < 1.29 is 28.6 Å². The number of carbonyl (C=O) groups excluding carboxylic acids is 3. The third kappa shape index (κ3) is 5.51. The number of esters is 1. The largest absolute Gasteiger partial charge is 0.463 e. The summed E-state index contributed by atoms with van der Waals surface area (Å²) < 4.78 is 15.3. The van der Waals surface area contributed by atoms with Crippen LogP contribution in [0.1, 0.15) is 22.8 Å². The van der Waals surface area contributed by atoms with Crippen molar-refractivity contribution in [3.8, 4) is 11.5 Å². The molecule has 30 heavy (non-hydrogen) atoms. The van der Waals surface area contributed by atoms with Gasteiger partial charge in [-0.3, -0.25) is 9.59 Å². The van der Waals surface area contributed by atoms with E-state index in [9.17, 15) is 14.4 Å². The molecule has 2 N–H and O–H groups in total. The molecule has 0 radical (unpaired) electrons. The van der Waals surface area contributed by atoms with Crippen LogP contribution in [0.2, 0.25) is 5.02 Å². The Morgan fingerprint density at radius 3 is 2.70 bits per heavy atom. The molecule has 8 nitrogen and oxygen atoms in total. The highest BCUT2D eigenvalue weighted by molar-refractivity contribution is 6.31. The standard InChI is InChI=1S/C21H19ClN2O6/c1-2-28-20(26)8-7-19(25)24-16-5-4-14(22)10-15(16)21(27)23-11-13-3-6-17-18(9-13)30-12-29-17/h3-10H,2,11-12H2,1H3,(H,23,27)(H,24,25)/b8-7+. The van der Waals surface area contributed by atoms with Crippen LogP contribution in [0, 0.1) is 0 Å². The first-order valence-corrected chi connectivity index (χ1v) is 9.46. The molecule has 0 aliphatic carbocycles. The molecular formula is C21H19ClN2O6. The number of fused-ring (bicyclic) bond motifs is 1. The Labute approximate surface area is 177 Å². The third-order valence-electron chi connectivity index (χ3n) is 4.03. The normalized spacial score (nSPS) is 11.9. The van der Waals surface area contributed by atoms with Crippen LogP contribution in [-0.4, -0.2) is 31.2 Å². The molecule has 1 aliphatic heterocycles. The van der Waals surface area contributed by atoms with Gasteiger partial charge in [-0.25, -0.2) is 4.79 Å². The Bertz CT molecular complexity index is 1000. The van der Waals surface area contributed by atoms with E-state index >= 15 is 0 Å². The van der Waals surface area contributed by atoms with Crippen LogP contribution in [0.15, 0.2) is 48.6 Å². The average molecular weight is 431 g/mol. The molecule has 1 aliphatic rings. The number of carbonyl (C=O) groups is 3. The summed E-state index contributed by atoms with van der Waals surface area (Å²) in [6.45, 7) is 2.27. The van der Waals surface area contributed by atoms with E-state index in [1.165, 1.54) is 12.1 Å². The second-order valence-electron chi connectivity index (χ2n) is 6.13. The first kappa shape index (κ1) is 21.2. The summed E-state index contributed by atoms with van der Waals surface area (Å²) in [5.41, 5.74) is 1.25. The van der Waals surface area contributed by atoms with E-state index in [1.807, 2.05) is 6.07 Å². The van der Waals surface area contributed by atoms with Crippen molar-refractivity contribution in [2.75, 3.05) is 18.7 Å². The summed E-state index contributed by atoms with van der Waals surface area (Å²) in [6.07, 6.45) is 2.04. The molecule has 1 heterocycles. The van der Waals surface area contributed by atoms with Crippen LogP contribution >= 0.6 is 11.6 Å². The SMILES string of the molecule is CCOC(=O)/C=C/C(=O)Nc1ccc(Cl)cc1C(=O)NCc1ccc2c(c1)OCO2. The third-order valence-corrected chi connectivity index (χ3v) is 4.27. The summed E-state index contributed by atoms with van der Waals surface area (Å²) in [7, 11) is 0. The van der Waals surface area contributed by atoms with Gasteiger partial charge in [0.2, 0.25) is 12.7 Å². The van der Waals surface area contributed by atoms with Gasteiger partial charge in [0, 0.05) is 23.7 Å². The number of amides is 2. The topological polar surface area (TPSA) is 103 Å². The van der Waals surface area contributed by atoms with Gasteiger partial charge in [-0.2, -0.15) is 0 Å². The smallest absolute Gasteiger partial charge is 0.330 e. The second kappa shape index (κ2) is 9.80. The lowest BCUT2D eigenvalue weighted by Crippen LogP contribution is -2.24. The monoisotopic (exact) mass is 430 g/mol. The number of benzene rings is 2. The number of hydrogen-bond donors (Lipinski definition) is 2. The van der Waals surface area contributed by atoms with Crippen LogP contribution in [-0.2, 0) is 20.9 Å². The molecule has 156 valence electrons. The molecule has 0 bridgehead atoms. The van der Waals surface area contributed by atoms with Crippen molar-refractivity contribution in [3.63, 3.8) is 0 Å². The second-order valence-corrected chi connectivity index (χ2v) is 6.57. The highest BCUT2D eigenvalue weighted by atomic mass is 35.5. The zero-order valence-electron chi connectivity index (χ0n) is 16.1. The quantitative estimate of drug-likeness (QED) is 0.517. The van der Waals surface area contributed by atoms with Gasteiger partial charge in [0.25, 0.3) is 5.91 Å². The fourth-order valence-corrected chi connectivity index (χ4v) is 2.82. The maximum atomic E-state index is 12.7. The number of anilines is 1. The van der Waals surface area contributed by atoms with Crippen molar-refractivity contribution >= 4 is 35.1 Å². The van der Waals surface area contributed by atoms with E-state index in [4.69, 9.17) is 25.8 Å². The average Bonchev–Trinajstić information content (AvgIpc) is 3.20. The molecule has 0 fully saturated rings. The van der Waals surface area contributed by atoms with Crippen molar-refractivity contribution in [2.24, 2.45) is 0 Å². The van der Waals surface area contributed by atoms with Crippen molar-refractivity contribution in [2.45, 2.75) is 13.5 Å². The number of rotatable bonds is 7. The minimum atomic E-state index is -0.634. The van der Waals surface area contributed by atoms with E-state index in [-0.39, 0.29) is 31.2 Å². The van der Waals surface area contributed by atoms with Gasteiger partial charge < -0.3 is 24.8 Å². The summed E-state index contributed by atoms with van der Waals surface area (Å²) in [5, 5.41) is 5.67. The fraction of sp³-hybridized carbons (Fsp3) is 0.190. The van der Waals surface area contributed by atoms with Crippen molar-refractivity contribution in [1.29, 1.82) is 0 Å². The molecule has 0 atom stereocenters. The van der Waals surface area contributed by atoms with Crippen LogP contribution < -0.4 is 20.1 Å². The van der Waals surface area contributed by atoms with Crippen LogP contribution in [0.5, 0.6) is 11.5 Å². The molecule has 9 heteroatoms. The summed E-state index contributed by atoms with van der Waals surface area (Å²) in [6, 6.07) is 9.86. The minimum Gasteiger partial charge on any atom is -0.463 e. The van der Waals surface area contributed by atoms with Crippen LogP contribution in [0.25, 0.3) is 0 Å². The summed E-state index contributed by atoms with van der Waals surface area (Å²) in [4.78, 5) is 36.1. The van der Waals surface area contributed by atoms with E-state index < -0.39 is 17.8 Å². The lowest BCUT2D eigenvalue weighted by molar-refractivity contribution is -0.137. The van der Waals surface area contributed by atoms with Crippen LogP contribution in [0.3, 0.4) is 0 Å². The predicted octanol–water partition coefficient (Wildman–Crippen LogP) is 3.06. The zero-order chi connectivity index (χ0) is 21.5. The molecule has 0 spiro atoms. The van der Waals surface area contributed by atoms with E-state index in [0.29, 0.717) is 16.5 Å². The molecule has 2 aromatic rings. The Morgan fingerprint density at radius 1 is 1.10 bits per heavy atom. The maximum Gasteiger partial charge on any atom is 0.330 e. The molecule has 0 unspecified atom stereocenters. The Hall–Kier alpha value is -3.52. The Kier molecular flexibility index (Phi) is 6.92.